The third-order valence-electron chi connectivity index (χ3n) is 6.72. The lowest BCUT2D eigenvalue weighted by atomic mass is 9.89. The van der Waals surface area contributed by atoms with Crippen LogP contribution in [0.4, 0.5) is 0 Å². The topological polar surface area (TPSA) is 39.3 Å². The molecule has 0 spiro atoms. The van der Waals surface area contributed by atoms with Gasteiger partial charge in [-0.2, -0.15) is 0 Å². The van der Waals surface area contributed by atoms with Crippen molar-refractivity contribution < 1.29 is 4.79 Å². The summed E-state index contributed by atoms with van der Waals surface area (Å²) in [5, 5.41) is 2.05. The summed E-state index contributed by atoms with van der Waals surface area (Å²) < 4.78 is 0. The van der Waals surface area contributed by atoms with Crippen LogP contribution in [0.15, 0.2) is 54.9 Å². The number of carbonyl (C=O) groups is 1. The SMILES string of the molecule is O=C(CCCN1CCC(c2c[nH]c3ccc(Cl)cc23)CC1)N1C=Cc2ccccc2C1. The molecule has 2 aliphatic heterocycles. The van der Waals surface area contributed by atoms with E-state index >= 15 is 0 Å². The van der Waals surface area contributed by atoms with Crippen molar-refractivity contribution in [2.24, 2.45) is 0 Å². The number of piperidine rings is 1. The van der Waals surface area contributed by atoms with E-state index in [1.165, 1.54) is 22.1 Å². The first kappa shape index (κ1) is 20.3. The van der Waals surface area contributed by atoms with Gasteiger partial charge in [0.15, 0.2) is 0 Å². The van der Waals surface area contributed by atoms with Crippen LogP contribution in [-0.4, -0.2) is 40.3 Å². The highest BCUT2D eigenvalue weighted by atomic mass is 35.5. The second-order valence-electron chi connectivity index (χ2n) is 8.69. The molecule has 0 atom stereocenters. The molecule has 5 heteroatoms. The number of amides is 1. The Hall–Kier alpha value is -2.56. The molecule has 2 aromatic carbocycles. The molecule has 5 rings (SSSR count). The number of aromatic amines is 1. The number of rotatable bonds is 5. The average Bonchev–Trinajstić information content (AvgIpc) is 3.22. The zero-order valence-corrected chi connectivity index (χ0v) is 18.4. The van der Waals surface area contributed by atoms with Gasteiger partial charge in [0.05, 0.1) is 6.54 Å². The number of halogens is 1. The van der Waals surface area contributed by atoms with Gasteiger partial charge in [-0.05, 0) is 85.8 Å². The second-order valence-corrected chi connectivity index (χ2v) is 9.13. The maximum Gasteiger partial charge on any atom is 0.226 e. The number of hydrogen-bond donors (Lipinski definition) is 1. The van der Waals surface area contributed by atoms with E-state index in [-0.39, 0.29) is 5.91 Å². The number of nitrogens with zero attached hydrogens (tertiary/aromatic N) is 2. The number of H-pyrrole nitrogens is 1. The molecule has 0 unspecified atom stereocenters. The quantitative estimate of drug-likeness (QED) is 0.552. The van der Waals surface area contributed by atoms with Crippen LogP contribution in [0.5, 0.6) is 0 Å². The predicted octanol–water partition coefficient (Wildman–Crippen LogP) is 5.79. The summed E-state index contributed by atoms with van der Waals surface area (Å²) in [6.07, 6.45) is 9.96. The summed E-state index contributed by atoms with van der Waals surface area (Å²) in [6.45, 7) is 3.85. The molecular weight excluding hydrogens is 406 g/mol. The molecule has 1 aromatic heterocycles. The minimum atomic E-state index is 0.219. The van der Waals surface area contributed by atoms with Gasteiger partial charge in [-0.15, -0.1) is 0 Å². The molecule has 160 valence electrons. The normalized spacial score (nSPS) is 17.3. The minimum Gasteiger partial charge on any atom is -0.361 e. The van der Waals surface area contributed by atoms with Crippen LogP contribution in [0.25, 0.3) is 17.0 Å². The first-order valence-corrected chi connectivity index (χ1v) is 11.6. The molecule has 0 radical (unpaired) electrons. The Morgan fingerprint density at radius 2 is 1.97 bits per heavy atom. The molecule has 1 fully saturated rings. The van der Waals surface area contributed by atoms with Crippen LogP contribution in [0, 0.1) is 0 Å². The first-order chi connectivity index (χ1) is 15.2. The largest absolute Gasteiger partial charge is 0.361 e. The van der Waals surface area contributed by atoms with Crippen LogP contribution >= 0.6 is 11.6 Å². The molecule has 1 amide bonds. The van der Waals surface area contributed by atoms with Gasteiger partial charge in [-0.3, -0.25) is 4.79 Å². The highest BCUT2D eigenvalue weighted by molar-refractivity contribution is 6.31. The molecule has 3 heterocycles. The highest BCUT2D eigenvalue weighted by Crippen LogP contribution is 2.34. The Labute approximate surface area is 188 Å². The Bertz CT molecular complexity index is 1110. The third kappa shape index (κ3) is 4.41. The van der Waals surface area contributed by atoms with Crippen molar-refractivity contribution >= 4 is 34.5 Å². The summed E-state index contributed by atoms with van der Waals surface area (Å²) in [6, 6.07) is 14.4. The average molecular weight is 434 g/mol. The van der Waals surface area contributed by atoms with E-state index in [0.717, 1.165) is 49.4 Å². The molecular formula is C26H28ClN3O. The van der Waals surface area contributed by atoms with Gasteiger partial charge in [0.1, 0.15) is 0 Å². The van der Waals surface area contributed by atoms with Crippen molar-refractivity contribution in [2.45, 2.75) is 38.1 Å². The molecule has 2 aliphatic rings. The maximum atomic E-state index is 12.7. The van der Waals surface area contributed by atoms with Crippen molar-refractivity contribution in [3.8, 4) is 0 Å². The van der Waals surface area contributed by atoms with E-state index in [0.29, 0.717) is 18.9 Å². The van der Waals surface area contributed by atoms with Gasteiger partial charge in [-0.1, -0.05) is 35.9 Å². The summed E-state index contributed by atoms with van der Waals surface area (Å²) >= 11 is 6.22. The van der Waals surface area contributed by atoms with Gasteiger partial charge < -0.3 is 14.8 Å². The summed E-state index contributed by atoms with van der Waals surface area (Å²) in [5.74, 6) is 0.792. The van der Waals surface area contributed by atoms with Crippen molar-refractivity contribution in [3.05, 3.63) is 76.6 Å². The van der Waals surface area contributed by atoms with Crippen LogP contribution in [0.2, 0.25) is 5.02 Å². The number of nitrogens with one attached hydrogen (secondary N) is 1. The summed E-state index contributed by atoms with van der Waals surface area (Å²) in [4.78, 5) is 20.4. The summed E-state index contributed by atoms with van der Waals surface area (Å²) in [5.41, 5.74) is 4.99. The number of benzene rings is 2. The van der Waals surface area contributed by atoms with Gasteiger partial charge in [0, 0.05) is 34.7 Å². The predicted molar refractivity (Wildman–Crippen MR) is 127 cm³/mol. The number of hydrogen-bond acceptors (Lipinski definition) is 2. The Morgan fingerprint density at radius 3 is 2.84 bits per heavy atom. The van der Waals surface area contributed by atoms with Crippen molar-refractivity contribution in [1.29, 1.82) is 0 Å². The van der Waals surface area contributed by atoms with E-state index in [4.69, 9.17) is 11.6 Å². The van der Waals surface area contributed by atoms with Crippen molar-refractivity contribution in [1.82, 2.24) is 14.8 Å². The van der Waals surface area contributed by atoms with Crippen LogP contribution in [0.3, 0.4) is 0 Å². The van der Waals surface area contributed by atoms with E-state index in [1.54, 1.807) is 0 Å². The second kappa shape index (κ2) is 8.89. The molecule has 31 heavy (non-hydrogen) atoms. The van der Waals surface area contributed by atoms with Gasteiger partial charge in [-0.25, -0.2) is 0 Å². The number of likely N-dealkylation sites (tertiary alicyclic amines) is 1. The third-order valence-corrected chi connectivity index (χ3v) is 6.95. The molecule has 4 nitrogen and oxygen atoms in total. The molecule has 0 aliphatic carbocycles. The number of aromatic nitrogens is 1. The van der Waals surface area contributed by atoms with E-state index in [9.17, 15) is 4.79 Å². The highest BCUT2D eigenvalue weighted by Gasteiger charge is 2.23. The lowest BCUT2D eigenvalue weighted by Crippen LogP contribution is -2.34. The maximum absolute atomic E-state index is 12.7. The zero-order chi connectivity index (χ0) is 21.2. The minimum absolute atomic E-state index is 0.219. The zero-order valence-electron chi connectivity index (χ0n) is 17.7. The fourth-order valence-corrected chi connectivity index (χ4v) is 5.11. The molecule has 1 saturated heterocycles. The lowest BCUT2D eigenvalue weighted by Gasteiger charge is -2.32. The standard InChI is InChI=1S/C26H28ClN3O/c27-22-7-8-25-23(16-22)24(17-28-25)20-9-13-29(14-10-20)12-3-6-26(31)30-15-11-19-4-1-2-5-21(19)18-30/h1-2,4-5,7-8,11,15-17,20,28H,3,6,9-10,12-14,18H2. The Morgan fingerprint density at radius 1 is 1.13 bits per heavy atom. The van der Waals surface area contributed by atoms with Gasteiger partial charge >= 0.3 is 0 Å². The van der Waals surface area contributed by atoms with E-state index in [1.807, 2.05) is 35.4 Å². The van der Waals surface area contributed by atoms with E-state index in [2.05, 4.69) is 40.3 Å². The molecule has 1 N–H and O–H groups in total. The monoisotopic (exact) mass is 433 g/mol. The summed E-state index contributed by atoms with van der Waals surface area (Å²) in [7, 11) is 0. The molecule has 3 aromatic rings. The van der Waals surface area contributed by atoms with Crippen molar-refractivity contribution in [2.75, 3.05) is 19.6 Å². The lowest BCUT2D eigenvalue weighted by molar-refractivity contribution is -0.129. The van der Waals surface area contributed by atoms with E-state index < -0.39 is 0 Å². The first-order valence-electron chi connectivity index (χ1n) is 11.2. The Kier molecular flexibility index (Phi) is 5.84. The van der Waals surface area contributed by atoms with Crippen LogP contribution in [-0.2, 0) is 11.3 Å². The van der Waals surface area contributed by atoms with Crippen molar-refractivity contribution in [3.63, 3.8) is 0 Å². The Balaban J connectivity index is 1.09. The van der Waals surface area contributed by atoms with Gasteiger partial charge in [0.2, 0.25) is 5.91 Å². The number of carbonyl (C=O) groups excluding carboxylic acids is 1. The smallest absolute Gasteiger partial charge is 0.226 e. The fraction of sp³-hybridized carbons (Fsp3) is 0.346. The van der Waals surface area contributed by atoms with Gasteiger partial charge in [0.25, 0.3) is 0 Å². The van der Waals surface area contributed by atoms with Crippen LogP contribution in [0.1, 0.15) is 48.3 Å². The fourth-order valence-electron chi connectivity index (χ4n) is 4.94. The molecule has 0 bridgehead atoms. The van der Waals surface area contributed by atoms with Crippen LogP contribution < -0.4 is 0 Å². The number of fused-ring (bicyclic) bond motifs is 2. The molecule has 0 saturated carbocycles.